The van der Waals surface area contributed by atoms with Crippen LogP contribution < -0.4 is 10.2 Å². The highest BCUT2D eigenvalue weighted by atomic mass is 19.4. The molecule has 0 saturated carbocycles. The lowest BCUT2D eigenvalue weighted by Crippen LogP contribution is -2.36. The molecule has 2 aromatic carbocycles. The van der Waals surface area contributed by atoms with Gasteiger partial charge >= 0.3 is 6.18 Å². The number of benzene rings is 2. The molecule has 1 aliphatic heterocycles. The maximum Gasteiger partial charge on any atom is 0.390 e. The summed E-state index contributed by atoms with van der Waals surface area (Å²) < 4.78 is 80.6. The molecule has 0 aliphatic carbocycles. The van der Waals surface area contributed by atoms with E-state index >= 15 is 4.39 Å². The average Bonchev–Trinajstić information content (AvgIpc) is 2.83. The van der Waals surface area contributed by atoms with Crippen molar-refractivity contribution in [2.45, 2.75) is 31.6 Å². The predicted octanol–water partition coefficient (Wildman–Crippen LogP) is 6.07. The van der Waals surface area contributed by atoms with Crippen molar-refractivity contribution >= 4 is 22.7 Å². The molecule has 2 heterocycles. The van der Waals surface area contributed by atoms with Crippen molar-refractivity contribution in [3.63, 3.8) is 0 Å². The molecule has 1 aromatic heterocycles. The van der Waals surface area contributed by atoms with Crippen LogP contribution in [0.25, 0.3) is 11.0 Å². The molecule has 0 amide bonds. The quantitative estimate of drug-likeness (QED) is 0.422. The number of alkyl halides is 4. The van der Waals surface area contributed by atoms with Gasteiger partial charge in [0.2, 0.25) is 0 Å². The number of fused-ring (bicyclic) bond motifs is 1. The van der Waals surface area contributed by atoms with Crippen LogP contribution in [0.4, 0.5) is 38.0 Å². The molecule has 1 atom stereocenters. The van der Waals surface area contributed by atoms with Gasteiger partial charge in [-0.3, -0.25) is 0 Å². The van der Waals surface area contributed by atoms with Gasteiger partial charge < -0.3 is 10.2 Å². The maximum atomic E-state index is 15.0. The van der Waals surface area contributed by atoms with E-state index in [1.54, 1.807) is 11.0 Å². The van der Waals surface area contributed by atoms with Gasteiger partial charge in [-0.1, -0.05) is 0 Å². The van der Waals surface area contributed by atoms with E-state index in [4.69, 9.17) is 5.26 Å². The van der Waals surface area contributed by atoms with Crippen molar-refractivity contribution in [3.8, 4) is 6.07 Å². The van der Waals surface area contributed by atoms with Crippen LogP contribution >= 0.6 is 0 Å². The molecule has 0 radical (unpaired) electrons. The third-order valence-corrected chi connectivity index (χ3v) is 5.98. The maximum absolute atomic E-state index is 15.0. The summed E-state index contributed by atoms with van der Waals surface area (Å²) >= 11 is 0. The third-order valence-electron chi connectivity index (χ3n) is 5.98. The molecule has 5 nitrogen and oxygen atoms in total. The number of piperidine rings is 1. The Labute approximate surface area is 197 Å². The van der Waals surface area contributed by atoms with Gasteiger partial charge in [-0.25, -0.2) is 23.1 Å². The van der Waals surface area contributed by atoms with Crippen molar-refractivity contribution in [3.05, 3.63) is 59.2 Å². The number of halogens is 6. The van der Waals surface area contributed by atoms with Gasteiger partial charge in [0.05, 0.1) is 29.1 Å². The SMILES string of the molecule is N#Cc1ccc2nc(NCCC(F)(F)F)c(N3CCC(C(F)c4cc(F)ccc4F)CC3)nc2c1. The summed E-state index contributed by atoms with van der Waals surface area (Å²) in [6.45, 7) is 0.164. The van der Waals surface area contributed by atoms with E-state index in [2.05, 4.69) is 15.3 Å². The molecule has 1 N–H and O–H groups in total. The van der Waals surface area contributed by atoms with Gasteiger partial charge in [0.15, 0.2) is 11.6 Å². The number of anilines is 2. The van der Waals surface area contributed by atoms with Crippen molar-refractivity contribution in [1.82, 2.24) is 9.97 Å². The van der Waals surface area contributed by atoms with Crippen LogP contribution in [-0.4, -0.2) is 35.8 Å². The van der Waals surface area contributed by atoms with Crippen molar-refractivity contribution in [1.29, 1.82) is 5.26 Å². The van der Waals surface area contributed by atoms with Crippen molar-refractivity contribution < 1.29 is 26.3 Å². The molecule has 1 unspecified atom stereocenters. The van der Waals surface area contributed by atoms with Gasteiger partial charge in [0, 0.05) is 25.2 Å². The van der Waals surface area contributed by atoms with Crippen LogP contribution in [0, 0.1) is 28.9 Å². The van der Waals surface area contributed by atoms with Crippen LogP contribution in [0.15, 0.2) is 36.4 Å². The molecule has 11 heteroatoms. The zero-order valence-electron chi connectivity index (χ0n) is 18.4. The molecule has 4 rings (SSSR count). The second-order valence-electron chi connectivity index (χ2n) is 8.40. The number of nitrogens with zero attached hydrogens (tertiary/aromatic N) is 4. The first-order valence-electron chi connectivity index (χ1n) is 11.0. The minimum atomic E-state index is -4.35. The summed E-state index contributed by atoms with van der Waals surface area (Å²) in [4.78, 5) is 10.7. The van der Waals surface area contributed by atoms with Gasteiger partial charge in [0.1, 0.15) is 17.8 Å². The number of hydrogen-bond donors (Lipinski definition) is 1. The van der Waals surface area contributed by atoms with E-state index in [0.717, 1.165) is 18.2 Å². The number of nitriles is 1. The Morgan fingerprint density at radius 2 is 1.80 bits per heavy atom. The molecular weight excluding hydrogens is 472 g/mol. The summed E-state index contributed by atoms with van der Waals surface area (Å²) in [6.07, 6.45) is -6.53. The molecule has 0 bridgehead atoms. The lowest BCUT2D eigenvalue weighted by molar-refractivity contribution is -0.131. The fourth-order valence-corrected chi connectivity index (χ4v) is 4.16. The predicted molar refractivity (Wildman–Crippen MR) is 119 cm³/mol. The van der Waals surface area contributed by atoms with E-state index in [1.807, 2.05) is 6.07 Å². The van der Waals surface area contributed by atoms with Gasteiger partial charge in [0.25, 0.3) is 0 Å². The Morgan fingerprint density at radius 1 is 1.06 bits per heavy atom. The fourth-order valence-electron chi connectivity index (χ4n) is 4.16. The molecule has 3 aromatic rings. The van der Waals surface area contributed by atoms with E-state index in [0.29, 0.717) is 22.4 Å². The Hall–Kier alpha value is -3.55. The molecule has 1 fully saturated rings. The summed E-state index contributed by atoms with van der Waals surface area (Å²) in [5.41, 5.74) is 0.828. The first-order valence-corrected chi connectivity index (χ1v) is 11.0. The lowest BCUT2D eigenvalue weighted by Gasteiger charge is -2.35. The zero-order chi connectivity index (χ0) is 25.2. The van der Waals surface area contributed by atoms with Gasteiger partial charge in [-0.2, -0.15) is 18.4 Å². The fraction of sp³-hybridized carbons (Fsp3) is 0.375. The van der Waals surface area contributed by atoms with Crippen LogP contribution in [0.1, 0.15) is 36.6 Å². The van der Waals surface area contributed by atoms with Crippen LogP contribution in [-0.2, 0) is 0 Å². The van der Waals surface area contributed by atoms with Crippen LogP contribution in [0.2, 0.25) is 0 Å². The summed E-state index contributed by atoms with van der Waals surface area (Å²) in [6, 6.07) is 9.31. The van der Waals surface area contributed by atoms with Crippen molar-refractivity contribution in [2.24, 2.45) is 5.92 Å². The number of hydrogen-bond acceptors (Lipinski definition) is 5. The van der Waals surface area contributed by atoms with Gasteiger partial charge in [-0.15, -0.1) is 0 Å². The Bertz CT molecular complexity index is 1250. The van der Waals surface area contributed by atoms with Gasteiger partial charge in [-0.05, 0) is 55.2 Å². The molecule has 35 heavy (non-hydrogen) atoms. The molecule has 0 spiro atoms. The normalized spacial score (nSPS) is 15.7. The van der Waals surface area contributed by atoms with E-state index in [1.165, 1.54) is 12.1 Å². The Kier molecular flexibility index (Phi) is 7.00. The smallest absolute Gasteiger partial charge is 0.367 e. The summed E-state index contributed by atoms with van der Waals surface area (Å²) in [7, 11) is 0. The Balaban J connectivity index is 1.56. The third kappa shape index (κ3) is 5.75. The van der Waals surface area contributed by atoms with E-state index in [9.17, 15) is 22.0 Å². The first kappa shape index (κ1) is 24.6. The van der Waals surface area contributed by atoms with Crippen LogP contribution in [0.3, 0.4) is 0 Å². The lowest BCUT2D eigenvalue weighted by atomic mass is 9.88. The highest BCUT2D eigenvalue weighted by Crippen LogP contribution is 2.37. The summed E-state index contributed by atoms with van der Waals surface area (Å²) in [5, 5.41) is 11.9. The molecule has 1 saturated heterocycles. The van der Waals surface area contributed by atoms with Crippen molar-refractivity contribution in [2.75, 3.05) is 29.9 Å². The molecule has 184 valence electrons. The summed E-state index contributed by atoms with van der Waals surface area (Å²) in [5.74, 6) is -1.66. The molecular formula is C24H21F6N5. The minimum absolute atomic E-state index is 0.151. The average molecular weight is 493 g/mol. The second kappa shape index (κ2) is 9.98. The van der Waals surface area contributed by atoms with E-state index < -0.39 is 42.9 Å². The highest BCUT2D eigenvalue weighted by Gasteiger charge is 2.32. The van der Waals surface area contributed by atoms with E-state index in [-0.39, 0.29) is 37.3 Å². The largest absolute Gasteiger partial charge is 0.390 e. The Morgan fingerprint density at radius 3 is 2.49 bits per heavy atom. The standard InChI is InChI=1S/C24H21F6N5/c25-16-2-3-18(26)17(12-16)21(27)15-5-9-35(10-6-15)23-22(32-8-7-24(28,29)30)33-19-4-1-14(13-31)11-20(19)34-23/h1-4,11-12,15,21H,5-10H2,(H,32,33). The zero-order valence-corrected chi connectivity index (χ0v) is 18.4. The minimum Gasteiger partial charge on any atom is -0.367 e. The highest BCUT2D eigenvalue weighted by molar-refractivity contribution is 5.81. The molecule has 1 aliphatic rings. The topological polar surface area (TPSA) is 64.8 Å². The van der Waals surface area contributed by atoms with Crippen LogP contribution in [0.5, 0.6) is 0 Å². The monoisotopic (exact) mass is 493 g/mol. The second-order valence-corrected chi connectivity index (χ2v) is 8.40. The number of rotatable bonds is 6. The first-order chi connectivity index (χ1) is 16.6. The number of nitrogens with one attached hydrogen (secondary N) is 1. The number of aromatic nitrogens is 2.